The van der Waals surface area contributed by atoms with E-state index in [0.717, 1.165) is 0 Å². The molecule has 0 spiro atoms. The molecule has 0 heterocycles. The number of rotatable bonds is 0. The van der Waals surface area contributed by atoms with Crippen molar-refractivity contribution in [3.8, 4) is 0 Å². The van der Waals surface area contributed by atoms with Crippen LogP contribution < -0.4 is 0 Å². The Bertz CT molecular complexity index is 6.00. The van der Waals surface area contributed by atoms with Crippen molar-refractivity contribution < 1.29 is 43.8 Å². The number of hydrogen-bond acceptors (Lipinski definition) is 1. The Kier molecular flexibility index (Phi) is 20.6. The minimum absolute atomic E-state index is 0. The van der Waals surface area contributed by atoms with Crippen LogP contribution in [0, 0.1) is 39.9 Å². The van der Waals surface area contributed by atoms with Crippen LogP contribution in [0.4, 0.5) is 0 Å². The van der Waals surface area contributed by atoms with Crippen molar-refractivity contribution in [2.45, 2.75) is 0 Å². The Balaban J connectivity index is 0. The molecule has 0 aliphatic heterocycles. The van der Waals surface area contributed by atoms with Crippen LogP contribution in [-0.2, 0) is 3.84 Å². The molecule has 0 saturated carbocycles. The summed E-state index contributed by atoms with van der Waals surface area (Å²) in [6, 6.07) is 0. The number of halogens is 2. The minimum Gasteiger partial charge on any atom is -0.166 e. The smallest absolute Gasteiger partial charge is 0.0832 e. The fraction of sp³-hybridized carbons (Fsp3) is 0. The zero-order valence-electron chi connectivity index (χ0n) is 1.52. The van der Waals surface area contributed by atoms with Gasteiger partial charge in [-0.25, -0.2) is 0 Å². The van der Waals surface area contributed by atoms with E-state index in [2.05, 4.69) is 27.6 Å². The Morgan fingerprint density at radius 1 is 1.25 bits per heavy atom. The molecule has 0 bridgehead atoms. The first-order chi connectivity index (χ1) is 1.41. The maximum atomic E-state index is 4.26. The Hall–Kier alpha value is 1.86. The predicted octanol–water partition coefficient (Wildman–Crippen LogP) is 1.31. The second-order valence-electron chi connectivity index (χ2n) is 0.0583. The van der Waals surface area contributed by atoms with E-state index >= 15 is 0 Å². The van der Waals surface area contributed by atoms with Gasteiger partial charge in [0, 0.05) is 39.9 Å². The van der Waals surface area contributed by atoms with E-state index in [0.29, 0.717) is 0 Å². The molecule has 1 nitrogen and oxygen atoms in total. The second-order valence-corrected chi connectivity index (χ2v) is 0.525. The van der Waals surface area contributed by atoms with Gasteiger partial charge in [-0.1, -0.05) is 0 Å². The van der Waals surface area contributed by atoms with Gasteiger partial charge in [-0.05, 0) is 0 Å². The molecule has 0 aliphatic carbocycles. The van der Waals surface area contributed by atoms with Crippen molar-refractivity contribution in [1.82, 2.24) is 0 Å². The molecule has 0 rings (SSSR count). The van der Waals surface area contributed by atoms with E-state index in [1.165, 1.54) is 0 Å². The van der Waals surface area contributed by atoms with E-state index in [1.807, 2.05) is 0 Å². The van der Waals surface area contributed by atoms with Crippen molar-refractivity contribution in [2.24, 2.45) is 0 Å². The molecule has 0 atom stereocenters. The van der Waals surface area contributed by atoms with Crippen LogP contribution in [0.3, 0.4) is 0 Å². The van der Waals surface area contributed by atoms with E-state index in [-0.39, 0.29) is 39.9 Å². The summed E-state index contributed by atoms with van der Waals surface area (Å²) >= 11 is 8.53. The largest absolute Gasteiger partial charge is 0.166 e. The average molecular weight is 244 g/mol. The van der Waals surface area contributed by atoms with Gasteiger partial charge in [0.2, 0.25) is 0 Å². The summed E-state index contributed by atoms with van der Waals surface area (Å²) in [5.41, 5.74) is 0. The fourth-order valence-electron chi connectivity index (χ4n) is 0. The van der Waals surface area contributed by atoms with Gasteiger partial charge >= 0.3 is 0 Å². The fourth-order valence-corrected chi connectivity index (χ4v) is 0. The third kappa shape index (κ3) is 9.12. The normalized spacial score (nSPS) is 4.50. The van der Waals surface area contributed by atoms with E-state index in [1.54, 1.807) is 0 Å². The van der Waals surface area contributed by atoms with Crippen LogP contribution in [0.15, 0.2) is 0 Å². The van der Waals surface area contributed by atoms with Gasteiger partial charge in [-0.2, -0.15) is 3.84 Å². The molecule has 28 valence electrons. The maximum absolute atomic E-state index is 4.26. The molecule has 0 radical (unpaired) electrons. The maximum Gasteiger partial charge on any atom is 0.0832 e. The van der Waals surface area contributed by atoms with Gasteiger partial charge in [0.1, 0.15) is 0 Å². The van der Waals surface area contributed by atoms with E-state index in [4.69, 9.17) is 0 Å². The van der Waals surface area contributed by atoms with Crippen LogP contribution in [0.2, 0.25) is 0 Å². The SMILES string of the molecule is ClOCl.[Gd]. The first-order valence-corrected chi connectivity index (χ1v) is 0.926. The average Bonchev–Trinajstić information content (AvgIpc) is 0.918. The van der Waals surface area contributed by atoms with Crippen molar-refractivity contribution in [3.05, 3.63) is 0 Å². The van der Waals surface area contributed by atoms with Crippen molar-refractivity contribution >= 4 is 23.7 Å². The van der Waals surface area contributed by atoms with Gasteiger partial charge in [-0.15, -0.1) is 0 Å². The Labute approximate surface area is 66.6 Å². The molecule has 0 fully saturated rings. The van der Waals surface area contributed by atoms with Gasteiger partial charge in [0.05, 0.1) is 23.7 Å². The molecular weight excluding hydrogens is 244 g/mol. The summed E-state index contributed by atoms with van der Waals surface area (Å²) in [5.74, 6) is 0. The Morgan fingerprint density at radius 2 is 1.25 bits per heavy atom. The first-order valence-electron chi connectivity index (χ1n) is 0.309. The van der Waals surface area contributed by atoms with Crippen molar-refractivity contribution in [3.63, 3.8) is 0 Å². The van der Waals surface area contributed by atoms with Crippen LogP contribution in [0.25, 0.3) is 0 Å². The molecule has 0 aliphatic rings. The molecule has 0 N–H and O–H groups in total. The van der Waals surface area contributed by atoms with Gasteiger partial charge in [0.15, 0.2) is 0 Å². The quantitative estimate of drug-likeness (QED) is 0.624. The van der Waals surface area contributed by atoms with Crippen LogP contribution in [-0.4, -0.2) is 0 Å². The Morgan fingerprint density at radius 3 is 1.25 bits per heavy atom. The molecule has 0 unspecified atom stereocenters. The van der Waals surface area contributed by atoms with Crippen LogP contribution in [0.5, 0.6) is 0 Å². The summed E-state index contributed by atoms with van der Waals surface area (Å²) in [7, 11) is 0. The van der Waals surface area contributed by atoms with E-state index in [9.17, 15) is 0 Å². The summed E-state index contributed by atoms with van der Waals surface area (Å²) in [6.07, 6.45) is 0. The van der Waals surface area contributed by atoms with Crippen LogP contribution in [0.1, 0.15) is 0 Å². The van der Waals surface area contributed by atoms with Gasteiger partial charge in [-0.3, -0.25) is 0 Å². The molecule has 0 saturated heterocycles. The van der Waals surface area contributed by atoms with E-state index < -0.39 is 0 Å². The first kappa shape index (κ1) is 9.29. The minimum atomic E-state index is 0. The molecule has 4 heavy (non-hydrogen) atoms. The molecule has 0 aromatic rings. The second kappa shape index (κ2) is 8.85. The topological polar surface area (TPSA) is 9.23 Å². The zero-order valence-corrected chi connectivity index (χ0v) is 5.30. The zero-order chi connectivity index (χ0) is 2.71. The summed E-state index contributed by atoms with van der Waals surface area (Å²) in [5, 5.41) is 0. The molecule has 0 aromatic carbocycles. The monoisotopic (exact) mass is 244 g/mol. The van der Waals surface area contributed by atoms with Crippen molar-refractivity contribution in [2.75, 3.05) is 0 Å². The summed E-state index contributed by atoms with van der Waals surface area (Å²) in [6.45, 7) is 0. The predicted molar refractivity (Wildman–Crippen MR) is 12.8 cm³/mol. The van der Waals surface area contributed by atoms with Crippen LogP contribution >= 0.6 is 23.7 Å². The molecular formula is Cl2GdO. The van der Waals surface area contributed by atoms with Gasteiger partial charge < -0.3 is 0 Å². The number of hydrogen-bond donors (Lipinski definition) is 0. The summed E-state index contributed by atoms with van der Waals surface area (Å²) in [4.78, 5) is 0. The molecule has 0 aromatic heterocycles. The van der Waals surface area contributed by atoms with Crippen molar-refractivity contribution in [1.29, 1.82) is 0 Å². The third-order valence-electron chi connectivity index (χ3n) is 0. The standard InChI is InChI=1S/Cl2O.Gd/c1-3-2;. The summed E-state index contributed by atoms with van der Waals surface area (Å²) < 4.78 is 3.19. The third-order valence-corrected chi connectivity index (χ3v) is 0. The van der Waals surface area contributed by atoms with Gasteiger partial charge in [0.25, 0.3) is 0 Å². The molecule has 4 heteroatoms. The molecule has 0 amide bonds.